The van der Waals surface area contributed by atoms with Crippen molar-refractivity contribution in [1.29, 1.82) is 0 Å². The predicted octanol–water partition coefficient (Wildman–Crippen LogP) is 5.88. The molecule has 0 aromatic heterocycles. The molecule has 0 amide bonds. The topological polar surface area (TPSA) is 0 Å². The third kappa shape index (κ3) is 16.6. The van der Waals surface area contributed by atoms with Crippen LogP contribution >= 0.6 is 0 Å². The number of benzene rings is 3. The van der Waals surface area contributed by atoms with Gasteiger partial charge in [0.15, 0.2) is 0 Å². The second kappa shape index (κ2) is 27.9. The van der Waals surface area contributed by atoms with Crippen molar-refractivity contribution in [3.05, 3.63) is 222 Å². The molecule has 0 bridgehead atoms. The minimum atomic E-state index is -0.0510. The number of aryl methyl sites for hydroxylation is 2. The van der Waals surface area contributed by atoms with Crippen molar-refractivity contribution in [2.75, 3.05) is 0 Å². The van der Waals surface area contributed by atoms with Gasteiger partial charge in [-0.15, -0.1) is 35.2 Å². The van der Waals surface area contributed by atoms with Crippen LogP contribution in [0.5, 0.6) is 0 Å². The summed E-state index contributed by atoms with van der Waals surface area (Å²) in [5, 5.41) is 2.66. The van der Waals surface area contributed by atoms with Crippen LogP contribution in [0.15, 0.2) is 194 Å². The Morgan fingerprint density at radius 2 is 1.10 bits per heavy atom. The Labute approximate surface area is 360 Å². The fourth-order valence-corrected chi connectivity index (χ4v) is 8.86. The van der Waals surface area contributed by atoms with E-state index in [0.29, 0.717) is 0 Å². The third-order valence-electron chi connectivity index (χ3n) is 8.17. The zero-order valence-electron chi connectivity index (χ0n) is 29.0. The van der Waals surface area contributed by atoms with Crippen molar-refractivity contribution in [2.45, 2.75) is 31.4 Å². The van der Waals surface area contributed by atoms with E-state index in [1.165, 1.54) is 69.1 Å². The van der Waals surface area contributed by atoms with Crippen molar-refractivity contribution in [1.82, 2.24) is 0 Å². The zero-order chi connectivity index (χ0) is 33.1. The fourth-order valence-electron chi connectivity index (χ4n) is 5.59. The SMILES string of the molecule is [Cl-].[Cl-].[Fe+2].[Fe+2].[Zr+2]=[Si](CCc1ccc[cH-]1)CCc1ccc[cH-]1.[c-]1cccc2c1Cc1ccccc1-2.c1cc[cH-]c1.c1cc[cH-]c1.c1ccc2[cH-]ccc2c1. The van der Waals surface area contributed by atoms with E-state index >= 15 is 0 Å². The van der Waals surface area contributed by atoms with Crippen LogP contribution in [0.25, 0.3) is 21.9 Å². The molecule has 0 radical (unpaired) electrons. The monoisotopic (exact) mass is 894 g/mol. The second-order valence-electron chi connectivity index (χ2n) is 11.7. The van der Waals surface area contributed by atoms with Gasteiger partial charge in [-0.3, -0.25) is 0 Å². The van der Waals surface area contributed by atoms with Gasteiger partial charge >= 0.3 is 147 Å². The van der Waals surface area contributed by atoms with Crippen LogP contribution in [-0.2, 0) is 76.7 Å². The Kier molecular flexibility index (Phi) is 25.5. The van der Waals surface area contributed by atoms with E-state index in [2.05, 4.69) is 133 Å². The average molecular weight is 897 g/mol. The molecule has 52 heavy (non-hydrogen) atoms. The standard InChI is InChI=1S/C14H16Si.C13H9.C9H7.2C5H5.2ClH.2Fe.Zr/c1-2-6-13(5-1)9-11-15-12-10-14-7-3-4-8-14;1-3-7-12-10(5-1)9-11-6-2-4-8-13(11)12;1-2-5-9-7-3-6-8(9)4-1;2*1-2-4-5-3-1;;;;;/h1-8H,9-12H2;1-5,7-8H,9H2;1-7H;2*1-5H;2*1H;;;/q-2;4*-1;;;3*+2/p-2. The number of hydrogen-bond donors (Lipinski definition) is 0. The van der Waals surface area contributed by atoms with Gasteiger partial charge in [0.05, 0.1) is 0 Å². The first-order chi connectivity index (χ1) is 23.8. The number of hydrogen-bond acceptors (Lipinski definition) is 0. The van der Waals surface area contributed by atoms with Gasteiger partial charge in [0.25, 0.3) is 0 Å². The van der Waals surface area contributed by atoms with Crippen LogP contribution in [0.1, 0.15) is 22.3 Å². The van der Waals surface area contributed by atoms with Gasteiger partial charge in [-0.2, -0.15) is 83.7 Å². The molecule has 1 aliphatic rings. The first kappa shape index (κ1) is 47.4. The summed E-state index contributed by atoms with van der Waals surface area (Å²) in [6.07, 6.45) is 3.65. The van der Waals surface area contributed by atoms with Gasteiger partial charge in [-0.1, -0.05) is 41.5 Å². The molecule has 1 aliphatic carbocycles. The normalized spacial score (nSPS) is 9.65. The van der Waals surface area contributed by atoms with Gasteiger partial charge in [0.1, 0.15) is 0 Å². The van der Waals surface area contributed by atoms with Gasteiger partial charge in [-0.25, -0.2) is 24.3 Å². The fraction of sp³-hybridized carbons (Fsp3) is 0.109. The Balaban J connectivity index is 0.000000339. The summed E-state index contributed by atoms with van der Waals surface area (Å²) in [6.45, 7) is 0. The quantitative estimate of drug-likeness (QED) is 0.145. The van der Waals surface area contributed by atoms with Crippen LogP contribution in [0.2, 0.25) is 12.1 Å². The van der Waals surface area contributed by atoms with Crippen molar-refractivity contribution in [3.8, 4) is 11.1 Å². The molecule has 6 heteroatoms. The molecule has 0 fully saturated rings. The van der Waals surface area contributed by atoms with Crippen molar-refractivity contribution in [3.63, 3.8) is 0 Å². The van der Waals surface area contributed by atoms with Crippen LogP contribution < -0.4 is 24.8 Å². The Morgan fingerprint density at radius 1 is 0.538 bits per heavy atom. The molecular formula is C46H42Cl2Fe2SiZr-2. The summed E-state index contributed by atoms with van der Waals surface area (Å²) in [5.74, 6) is 0. The Morgan fingerprint density at radius 3 is 1.63 bits per heavy atom. The van der Waals surface area contributed by atoms with Gasteiger partial charge in [0, 0.05) is 0 Å². The maximum atomic E-state index is 3.30. The van der Waals surface area contributed by atoms with Crippen molar-refractivity contribution >= 4 is 16.2 Å². The summed E-state index contributed by atoms with van der Waals surface area (Å²) >= 11 is 1.80. The maximum Gasteiger partial charge on any atom is -0.0253 e. The molecule has 0 unspecified atom stereocenters. The first-order valence-electron chi connectivity index (χ1n) is 16.8. The summed E-state index contributed by atoms with van der Waals surface area (Å²) in [7, 11) is 0. The van der Waals surface area contributed by atoms with Crippen molar-refractivity contribution < 1.29 is 82.3 Å². The second-order valence-corrected chi connectivity index (χ2v) is 19.1. The molecule has 8 aromatic carbocycles. The molecule has 0 spiro atoms. The molecule has 266 valence electrons. The average Bonchev–Trinajstić information content (AvgIpc) is 3.99. The van der Waals surface area contributed by atoms with Crippen LogP contribution in [-0.4, -0.2) is 5.43 Å². The molecule has 0 saturated heterocycles. The Hall–Kier alpha value is -2.61. The third-order valence-corrected chi connectivity index (χ3v) is 13.6. The Bertz CT molecular complexity index is 1800. The number of rotatable bonds is 6. The van der Waals surface area contributed by atoms with E-state index in [1.807, 2.05) is 66.7 Å². The van der Waals surface area contributed by atoms with E-state index < -0.39 is 0 Å². The minimum Gasteiger partial charge on any atom is -0.214 e. The molecule has 0 aliphatic heterocycles. The van der Waals surface area contributed by atoms with E-state index in [9.17, 15) is 0 Å². The smallest absolute Gasteiger partial charge is 0.0253 e. The summed E-state index contributed by atoms with van der Waals surface area (Å²) in [6, 6.07) is 73.3. The number of halogens is 2. The largest absolute Gasteiger partial charge is 0.214 e. The van der Waals surface area contributed by atoms with E-state index in [1.54, 1.807) is 23.3 Å². The van der Waals surface area contributed by atoms with Crippen molar-refractivity contribution in [2.24, 2.45) is 0 Å². The van der Waals surface area contributed by atoms with Crippen LogP contribution in [0, 0.1) is 6.07 Å². The predicted molar refractivity (Wildman–Crippen MR) is 204 cm³/mol. The maximum absolute atomic E-state index is 3.30. The van der Waals surface area contributed by atoms with E-state index in [4.69, 9.17) is 0 Å². The molecular weight excluding hydrogens is 854 g/mol. The minimum absolute atomic E-state index is 0. The van der Waals surface area contributed by atoms with Gasteiger partial charge < -0.3 is 24.8 Å². The summed E-state index contributed by atoms with van der Waals surface area (Å²) in [4.78, 5) is 0. The molecule has 8 aromatic rings. The summed E-state index contributed by atoms with van der Waals surface area (Å²) in [5.41, 5.74) is 8.51. The summed E-state index contributed by atoms with van der Waals surface area (Å²) < 4.78 is 0. The molecule has 0 nitrogen and oxygen atoms in total. The van der Waals surface area contributed by atoms with E-state index in [0.717, 1.165) is 6.42 Å². The van der Waals surface area contributed by atoms with Gasteiger partial charge in [0.2, 0.25) is 0 Å². The van der Waals surface area contributed by atoms with E-state index in [-0.39, 0.29) is 64.4 Å². The molecule has 0 atom stereocenters. The molecule has 9 rings (SSSR count). The first-order valence-corrected chi connectivity index (χ1v) is 22.4. The van der Waals surface area contributed by atoms with Gasteiger partial charge in [-0.05, 0) is 6.42 Å². The van der Waals surface area contributed by atoms with Crippen LogP contribution in [0.4, 0.5) is 0 Å². The van der Waals surface area contributed by atoms with Crippen LogP contribution in [0.3, 0.4) is 0 Å². The molecule has 0 N–H and O–H groups in total. The molecule has 0 heterocycles. The number of fused-ring (bicyclic) bond motifs is 4. The molecule has 0 saturated carbocycles. The zero-order valence-corrected chi connectivity index (χ0v) is 36.2.